The molecule has 1 fully saturated rings. The fourth-order valence-corrected chi connectivity index (χ4v) is 3.67. The smallest absolute Gasteiger partial charge is 0.311 e. The van der Waals surface area contributed by atoms with Crippen molar-refractivity contribution in [2.45, 2.75) is 20.3 Å². The van der Waals surface area contributed by atoms with Crippen LogP contribution in [-0.2, 0) is 19.1 Å². The summed E-state index contributed by atoms with van der Waals surface area (Å²) in [5.41, 5.74) is 3.31. The van der Waals surface area contributed by atoms with Crippen LogP contribution in [0.4, 0.5) is 11.4 Å². The van der Waals surface area contributed by atoms with E-state index in [9.17, 15) is 14.4 Å². The predicted octanol–water partition coefficient (Wildman–Crippen LogP) is 3.61. The molecule has 2 aromatic rings. The molecule has 158 valence electrons. The lowest BCUT2D eigenvalue weighted by atomic mass is 10.1. The molecule has 1 aliphatic heterocycles. The number of amides is 2. The second-order valence-electron chi connectivity index (χ2n) is 7.10. The van der Waals surface area contributed by atoms with Crippen LogP contribution in [0.15, 0.2) is 40.9 Å². The highest BCUT2D eigenvalue weighted by Crippen LogP contribution is 2.28. The Bertz CT molecular complexity index is 974. The number of esters is 1. The summed E-state index contributed by atoms with van der Waals surface area (Å²) < 4.78 is 11.2. The molecule has 0 saturated carbocycles. The second-order valence-corrected chi connectivity index (χ2v) is 7.96. The van der Waals surface area contributed by atoms with Crippen molar-refractivity contribution in [3.63, 3.8) is 0 Å². The van der Waals surface area contributed by atoms with Crippen LogP contribution in [0, 0.1) is 19.8 Å². The molecular formula is C22H23BrN2O5. The van der Waals surface area contributed by atoms with Crippen LogP contribution in [-0.4, -0.2) is 38.0 Å². The van der Waals surface area contributed by atoms with Crippen molar-refractivity contribution in [2.24, 2.45) is 5.92 Å². The van der Waals surface area contributed by atoms with Gasteiger partial charge in [-0.1, -0.05) is 15.9 Å². The summed E-state index contributed by atoms with van der Waals surface area (Å²) >= 11 is 3.45. The van der Waals surface area contributed by atoms with Crippen LogP contribution in [0.5, 0.6) is 5.75 Å². The number of carbonyl (C=O) groups excluding carboxylic acids is 3. The first-order valence-electron chi connectivity index (χ1n) is 9.46. The number of nitrogens with zero attached hydrogens (tertiary/aromatic N) is 1. The summed E-state index contributed by atoms with van der Waals surface area (Å²) in [6, 6.07) is 10.7. The Morgan fingerprint density at radius 1 is 1.13 bits per heavy atom. The molecule has 7 nitrogen and oxygen atoms in total. The fourth-order valence-electron chi connectivity index (χ4n) is 3.24. The van der Waals surface area contributed by atoms with Gasteiger partial charge in [-0.15, -0.1) is 0 Å². The molecule has 30 heavy (non-hydrogen) atoms. The summed E-state index contributed by atoms with van der Waals surface area (Å²) in [6.45, 7) is 3.66. The van der Waals surface area contributed by atoms with Crippen LogP contribution in [0.3, 0.4) is 0 Å². The molecular weight excluding hydrogens is 452 g/mol. The zero-order valence-corrected chi connectivity index (χ0v) is 18.6. The minimum Gasteiger partial charge on any atom is -0.497 e. The Kier molecular flexibility index (Phi) is 6.77. The average Bonchev–Trinajstić information content (AvgIpc) is 3.14. The first-order valence-corrected chi connectivity index (χ1v) is 10.3. The van der Waals surface area contributed by atoms with E-state index in [-0.39, 0.29) is 18.9 Å². The van der Waals surface area contributed by atoms with Gasteiger partial charge in [0.15, 0.2) is 6.61 Å². The summed E-state index contributed by atoms with van der Waals surface area (Å²) in [4.78, 5) is 38.5. The van der Waals surface area contributed by atoms with Gasteiger partial charge in [-0.25, -0.2) is 0 Å². The maximum atomic E-state index is 12.4. The summed E-state index contributed by atoms with van der Waals surface area (Å²) in [5, 5.41) is 2.75. The van der Waals surface area contributed by atoms with E-state index in [2.05, 4.69) is 21.2 Å². The zero-order valence-electron chi connectivity index (χ0n) is 17.0. The maximum absolute atomic E-state index is 12.4. The zero-order chi connectivity index (χ0) is 21.8. The van der Waals surface area contributed by atoms with Gasteiger partial charge in [0.25, 0.3) is 5.91 Å². The SMILES string of the molecule is COc1ccc(N2C[C@@H](C(=O)OCC(=O)Nc3ccc(Br)c(C)c3C)CC2=O)cc1. The molecule has 1 N–H and O–H groups in total. The van der Waals surface area contributed by atoms with Gasteiger partial charge < -0.3 is 19.7 Å². The van der Waals surface area contributed by atoms with Gasteiger partial charge in [0.05, 0.1) is 13.0 Å². The number of hydrogen-bond acceptors (Lipinski definition) is 5. The average molecular weight is 475 g/mol. The lowest BCUT2D eigenvalue weighted by Gasteiger charge is -2.17. The standard InChI is InChI=1S/C22H23BrN2O5/c1-13-14(2)19(9-8-18(13)23)24-20(26)12-30-22(28)15-10-21(27)25(11-15)16-4-6-17(29-3)7-5-16/h4-9,15H,10-12H2,1-3H3,(H,24,26)/t15-/m0/s1. The molecule has 0 unspecified atom stereocenters. The number of nitrogens with one attached hydrogen (secondary N) is 1. The molecule has 1 atom stereocenters. The molecule has 0 aliphatic carbocycles. The molecule has 0 bridgehead atoms. The maximum Gasteiger partial charge on any atom is 0.311 e. The number of anilines is 2. The Balaban J connectivity index is 1.54. The summed E-state index contributed by atoms with van der Waals surface area (Å²) in [5.74, 6) is -1.07. The van der Waals surface area contributed by atoms with Crippen LogP contribution in [0.25, 0.3) is 0 Å². The molecule has 2 amide bonds. The topological polar surface area (TPSA) is 84.9 Å². The van der Waals surface area contributed by atoms with Crippen molar-refractivity contribution in [1.82, 2.24) is 0 Å². The van der Waals surface area contributed by atoms with E-state index in [0.29, 0.717) is 17.1 Å². The monoisotopic (exact) mass is 474 g/mol. The van der Waals surface area contributed by atoms with E-state index in [1.807, 2.05) is 19.9 Å². The minimum atomic E-state index is -0.607. The fraction of sp³-hybridized carbons (Fsp3) is 0.318. The molecule has 2 aromatic carbocycles. The Labute approximate surface area is 183 Å². The van der Waals surface area contributed by atoms with E-state index in [4.69, 9.17) is 9.47 Å². The summed E-state index contributed by atoms with van der Waals surface area (Å²) in [7, 11) is 1.57. The highest BCUT2D eigenvalue weighted by Gasteiger charge is 2.36. The van der Waals surface area contributed by atoms with Gasteiger partial charge in [0.2, 0.25) is 5.91 Å². The van der Waals surface area contributed by atoms with Crippen molar-refractivity contribution in [2.75, 3.05) is 30.5 Å². The first kappa shape index (κ1) is 21.8. The Morgan fingerprint density at radius 3 is 2.50 bits per heavy atom. The number of hydrogen-bond donors (Lipinski definition) is 1. The molecule has 8 heteroatoms. The first-order chi connectivity index (χ1) is 14.3. The molecule has 0 radical (unpaired) electrons. The van der Waals surface area contributed by atoms with Gasteiger partial charge in [-0.05, 0) is 61.4 Å². The Hall–Kier alpha value is -2.87. The number of rotatable bonds is 6. The van der Waals surface area contributed by atoms with Crippen LogP contribution in [0.1, 0.15) is 17.5 Å². The van der Waals surface area contributed by atoms with E-state index >= 15 is 0 Å². The van der Waals surface area contributed by atoms with Crippen LogP contribution < -0.4 is 15.0 Å². The van der Waals surface area contributed by atoms with Gasteiger partial charge in [0.1, 0.15) is 5.75 Å². The van der Waals surface area contributed by atoms with Gasteiger partial charge in [-0.2, -0.15) is 0 Å². The van der Waals surface area contributed by atoms with Crippen molar-refractivity contribution >= 4 is 45.1 Å². The van der Waals surface area contributed by atoms with Gasteiger partial charge in [-0.3, -0.25) is 14.4 Å². The van der Waals surface area contributed by atoms with Crippen molar-refractivity contribution in [3.8, 4) is 5.75 Å². The third kappa shape index (κ3) is 4.81. The number of halogens is 1. The van der Waals surface area contributed by atoms with E-state index in [1.54, 1.807) is 42.3 Å². The van der Waals surface area contributed by atoms with Crippen molar-refractivity contribution < 1.29 is 23.9 Å². The van der Waals surface area contributed by atoms with Crippen LogP contribution >= 0.6 is 15.9 Å². The highest BCUT2D eigenvalue weighted by molar-refractivity contribution is 9.10. The predicted molar refractivity (Wildman–Crippen MR) is 117 cm³/mol. The van der Waals surface area contributed by atoms with Crippen molar-refractivity contribution in [3.05, 3.63) is 52.0 Å². The van der Waals surface area contributed by atoms with E-state index < -0.39 is 24.4 Å². The summed E-state index contributed by atoms with van der Waals surface area (Å²) in [6.07, 6.45) is 0.0531. The normalized spacial score (nSPS) is 15.8. The molecule has 1 saturated heterocycles. The number of carbonyl (C=O) groups is 3. The molecule has 0 aromatic heterocycles. The molecule has 1 heterocycles. The van der Waals surface area contributed by atoms with Gasteiger partial charge in [0, 0.05) is 28.8 Å². The number of benzene rings is 2. The number of methoxy groups -OCH3 is 1. The highest BCUT2D eigenvalue weighted by atomic mass is 79.9. The van der Waals surface area contributed by atoms with Crippen molar-refractivity contribution in [1.29, 1.82) is 0 Å². The second kappa shape index (κ2) is 9.30. The third-order valence-corrected chi connectivity index (χ3v) is 6.04. The minimum absolute atomic E-state index is 0.0531. The quantitative estimate of drug-likeness (QED) is 0.646. The van der Waals surface area contributed by atoms with E-state index in [1.165, 1.54) is 0 Å². The lowest BCUT2D eigenvalue weighted by Crippen LogP contribution is -2.28. The molecule has 3 rings (SSSR count). The Morgan fingerprint density at radius 2 is 1.83 bits per heavy atom. The van der Waals surface area contributed by atoms with Gasteiger partial charge >= 0.3 is 5.97 Å². The molecule has 1 aliphatic rings. The van der Waals surface area contributed by atoms with E-state index in [0.717, 1.165) is 15.6 Å². The lowest BCUT2D eigenvalue weighted by molar-refractivity contribution is -0.151. The molecule has 0 spiro atoms. The third-order valence-electron chi connectivity index (χ3n) is 5.18. The van der Waals surface area contributed by atoms with Crippen LogP contribution in [0.2, 0.25) is 0 Å². The largest absolute Gasteiger partial charge is 0.497 e. The number of ether oxygens (including phenoxy) is 2.